The molecule has 1 aromatic carbocycles. The van der Waals surface area contributed by atoms with E-state index in [9.17, 15) is 0 Å². The van der Waals surface area contributed by atoms with Gasteiger partial charge in [-0.15, -0.1) is 0 Å². The molecule has 18 heavy (non-hydrogen) atoms. The van der Waals surface area contributed by atoms with Crippen LogP contribution < -0.4 is 10.6 Å². The van der Waals surface area contributed by atoms with Crippen LogP contribution in [-0.2, 0) is 4.74 Å². The summed E-state index contributed by atoms with van der Waals surface area (Å²) in [4.78, 5) is 2.36. The Kier molecular flexibility index (Phi) is 4.20. The van der Waals surface area contributed by atoms with Crippen molar-refractivity contribution in [2.24, 2.45) is 5.73 Å². The third-order valence-electron chi connectivity index (χ3n) is 3.39. The fraction of sp³-hybridized carbons (Fsp3) is 0.500. The van der Waals surface area contributed by atoms with Crippen molar-refractivity contribution in [3.05, 3.63) is 29.8 Å². The summed E-state index contributed by atoms with van der Waals surface area (Å²) >= 11 is 0. The third kappa shape index (κ3) is 3.01. The van der Waals surface area contributed by atoms with Gasteiger partial charge in [-0.05, 0) is 44.0 Å². The van der Waals surface area contributed by atoms with Crippen LogP contribution in [0.15, 0.2) is 24.3 Å². The molecule has 0 atom stereocenters. The van der Waals surface area contributed by atoms with Crippen LogP contribution in [0.5, 0.6) is 0 Å². The maximum Gasteiger partial charge on any atom is 0.122 e. The Labute approximate surface area is 108 Å². The summed E-state index contributed by atoms with van der Waals surface area (Å²) < 4.78 is 5.65. The zero-order valence-electron chi connectivity index (χ0n) is 10.9. The van der Waals surface area contributed by atoms with E-state index in [-0.39, 0.29) is 5.84 Å². The second kappa shape index (κ2) is 5.87. The number of nitrogens with one attached hydrogen (secondary N) is 1. The summed E-state index contributed by atoms with van der Waals surface area (Å²) in [5.41, 5.74) is 7.43. The number of hydrogen-bond acceptors (Lipinski definition) is 3. The average molecular weight is 247 g/mol. The minimum Gasteiger partial charge on any atom is -0.384 e. The van der Waals surface area contributed by atoms with Crippen LogP contribution in [0.4, 0.5) is 5.69 Å². The zero-order valence-corrected chi connectivity index (χ0v) is 10.9. The van der Waals surface area contributed by atoms with E-state index in [1.54, 1.807) is 0 Å². The van der Waals surface area contributed by atoms with Gasteiger partial charge in [0.2, 0.25) is 0 Å². The molecule has 0 bridgehead atoms. The standard InChI is InChI=1S/C14H21N3O/c1-2-18-13-7-9-17(10-8-13)12-5-3-11(4-6-12)14(15)16/h3-6,13H,2,7-10H2,1H3,(H3,15,16). The first-order valence-corrected chi connectivity index (χ1v) is 6.51. The van der Waals surface area contributed by atoms with Crippen molar-refractivity contribution >= 4 is 11.5 Å². The Morgan fingerprint density at radius 2 is 1.94 bits per heavy atom. The highest BCUT2D eigenvalue weighted by Gasteiger charge is 2.19. The van der Waals surface area contributed by atoms with Gasteiger partial charge in [-0.25, -0.2) is 0 Å². The fourth-order valence-corrected chi connectivity index (χ4v) is 2.37. The SMILES string of the molecule is CCOC1CCN(c2ccc(C(=N)N)cc2)CC1. The van der Waals surface area contributed by atoms with Gasteiger partial charge >= 0.3 is 0 Å². The van der Waals surface area contributed by atoms with E-state index >= 15 is 0 Å². The molecule has 0 unspecified atom stereocenters. The predicted octanol–water partition coefficient (Wildman–Crippen LogP) is 1.98. The van der Waals surface area contributed by atoms with Gasteiger partial charge in [-0.2, -0.15) is 0 Å². The number of anilines is 1. The number of nitrogens with zero attached hydrogens (tertiary/aromatic N) is 1. The van der Waals surface area contributed by atoms with Crippen LogP contribution in [-0.4, -0.2) is 31.6 Å². The molecule has 4 nitrogen and oxygen atoms in total. The Hall–Kier alpha value is -1.55. The molecule has 4 heteroatoms. The van der Waals surface area contributed by atoms with Crippen molar-refractivity contribution in [1.29, 1.82) is 5.41 Å². The molecule has 0 amide bonds. The maximum absolute atomic E-state index is 7.37. The lowest BCUT2D eigenvalue weighted by Crippen LogP contribution is -2.37. The van der Waals surface area contributed by atoms with Crippen LogP contribution in [0.3, 0.4) is 0 Å². The molecule has 1 fully saturated rings. The molecule has 1 heterocycles. The number of ether oxygens (including phenoxy) is 1. The third-order valence-corrected chi connectivity index (χ3v) is 3.39. The van der Waals surface area contributed by atoms with E-state index in [1.165, 1.54) is 5.69 Å². The van der Waals surface area contributed by atoms with E-state index < -0.39 is 0 Å². The lowest BCUT2D eigenvalue weighted by molar-refractivity contribution is 0.0459. The number of amidine groups is 1. The van der Waals surface area contributed by atoms with E-state index in [0.717, 1.165) is 38.1 Å². The number of benzene rings is 1. The molecule has 3 N–H and O–H groups in total. The van der Waals surface area contributed by atoms with Crippen molar-refractivity contribution < 1.29 is 4.74 Å². The first-order valence-electron chi connectivity index (χ1n) is 6.51. The molecule has 0 aliphatic carbocycles. The van der Waals surface area contributed by atoms with E-state index in [1.807, 2.05) is 31.2 Å². The Morgan fingerprint density at radius 1 is 1.33 bits per heavy atom. The summed E-state index contributed by atoms with van der Waals surface area (Å²) in [5, 5.41) is 7.37. The van der Waals surface area contributed by atoms with Crippen molar-refractivity contribution in [3.8, 4) is 0 Å². The van der Waals surface area contributed by atoms with Gasteiger partial charge in [-0.3, -0.25) is 5.41 Å². The van der Waals surface area contributed by atoms with Crippen molar-refractivity contribution in [3.63, 3.8) is 0 Å². The van der Waals surface area contributed by atoms with Crippen molar-refractivity contribution in [2.45, 2.75) is 25.9 Å². The molecule has 1 aliphatic heterocycles. The molecule has 98 valence electrons. The lowest BCUT2D eigenvalue weighted by Gasteiger charge is -2.33. The Bertz CT molecular complexity index is 394. The molecule has 0 spiro atoms. The molecule has 0 aromatic heterocycles. The second-order valence-electron chi connectivity index (χ2n) is 4.60. The van der Waals surface area contributed by atoms with Crippen LogP contribution in [0.25, 0.3) is 0 Å². The predicted molar refractivity (Wildman–Crippen MR) is 74.3 cm³/mol. The van der Waals surface area contributed by atoms with Gasteiger partial charge < -0.3 is 15.4 Å². The first-order chi connectivity index (χ1) is 8.70. The monoisotopic (exact) mass is 247 g/mol. The highest BCUT2D eigenvalue weighted by Crippen LogP contribution is 2.21. The number of nitrogen functional groups attached to an aromatic ring is 1. The van der Waals surface area contributed by atoms with Gasteiger partial charge in [0.05, 0.1) is 6.10 Å². The minimum absolute atomic E-state index is 0.122. The van der Waals surface area contributed by atoms with Crippen LogP contribution in [0.1, 0.15) is 25.3 Å². The van der Waals surface area contributed by atoms with E-state index in [4.69, 9.17) is 15.9 Å². The quantitative estimate of drug-likeness (QED) is 0.631. The van der Waals surface area contributed by atoms with Crippen molar-refractivity contribution in [2.75, 3.05) is 24.6 Å². The highest BCUT2D eigenvalue weighted by atomic mass is 16.5. The average Bonchev–Trinajstić information content (AvgIpc) is 2.40. The van der Waals surface area contributed by atoms with Crippen LogP contribution in [0.2, 0.25) is 0 Å². The highest BCUT2D eigenvalue weighted by molar-refractivity contribution is 5.95. The Balaban J connectivity index is 1.95. The van der Waals surface area contributed by atoms with Crippen LogP contribution in [0, 0.1) is 5.41 Å². The molecule has 1 saturated heterocycles. The summed E-state index contributed by atoms with van der Waals surface area (Å²) in [6, 6.07) is 7.90. The smallest absolute Gasteiger partial charge is 0.122 e. The zero-order chi connectivity index (χ0) is 13.0. The Morgan fingerprint density at radius 3 is 2.44 bits per heavy atom. The normalized spacial score (nSPS) is 16.8. The maximum atomic E-state index is 7.37. The lowest BCUT2D eigenvalue weighted by atomic mass is 10.1. The topological polar surface area (TPSA) is 62.3 Å². The number of hydrogen-bond donors (Lipinski definition) is 2. The van der Waals surface area contributed by atoms with E-state index in [0.29, 0.717) is 6.10 Å². The molecular formula is C14H21N3O. The van der Waals surface area contributed by atoms with E-state index in [2.05, 4.69) is 4.90 Å². The first kappa shape index (κ1) is 12.9. The summed E-state index contributed by atoms with van der Waals surface area (Å²) in [7, 11) is 0. The molecule has 2 rings (SSSR count). The molecule has 0 saturated carbocycles. The summed E-state index contributed by atoms with van der Waals surface area (Å²) in [5.74, 6) is 0.122. The molecule has 1 aliphatic rings. The minimum atomic E-state index is 0.122. The van der Waals surface area contributed by atoms with Crippen LogP contribution >= 0.6 is 0 Å². The molecular weight excluding hydrogens is 226 g/mol. The van der Waals surface area contributed by atoms with Gasteiger partial charge in [0.1, 0.15) is 5.84 Å². The molecule has 1 aromatic rings. The fourth-order valence-electron chi connectivity index (χ4n) is 2.37. The number of nitrogens with two attached hydrogens (primary N) is 1. The number of rotatable bonds is 4. The molecule has 0 radical (unpaired) electrons. The summed E-state index contributed by atoms with van der Waals surface area (Å²) in [6.45, 7) is 4.92. The largest absolute Gasteiger partial charge is 0.384 e. The summed E-state index contributed by atoms with van der Waals surface area (Å²) in [6.07, 6.45) is 2.59. The van der Waals surface area contributed by atoms with Gasteiger partial charge in [0.25, 0.3) is 0 Å². The van der Waals surface area contributed by atoms with Gasteiger partial charge in [-0.1, -0.05) is 0 Å². The van der Waals surface area contributed by atoms with Gasteiger partial charge in [0, 0.05) is 30.9 Å². The second-order valence-corrected chi connectivity index (χ2v) is 4.60. The van der Waals surface area contributed by atoms with Crippen molar-refractivity contribution in [1.82, 2.24) is 0 Å². The van der Waals surface area contributed by atoms with Gasteiger partial charge in [0.15, 0.2) is 0 Å². The number of piperidine rings is 1.